The molecule has 0 bridgehead atoms. The van der Waals surface area contributed by atoms with Crippen molar-refractivity contribution >= 4 is 17.4 Å². The van der Waals surface area contributed by atoms with Crippen LogP contribution in [0.15, 0.2) is 48.7 Å². The average molecular weight is 400 g/mol. The summed E-state index contributed by atoms with van der Waals surface area (Å²) < 4.78 is 0. The molecule has 2 aliphatic rings. The molecule has 0 spiro atoms. The van der Waals surface area contributed by atoms with Crippen LogP contribution in [-0.4, -0.2) is 47.2 Å². The van der Waals surface area contributed by atoms with Gasteiger partial charge in [0.2, 0.25) is 0 Å². The zero-order chi connectivity index (χ0) is 20.2. The van der Waals surface area contributed by atoms with Crippen molar-refractivity contribution in [2.45, 2.75) is 39.3 Å². The lowest BCUT2D eigenvalue weighted by molar-refractivity contribution is -0.307. The van der Waals surface area contributed by atoms with Crippen molar-refractivity contribution in [3.8, 4) is 0 Å². The Kier molecular flexibility index (Phi) is 4.72. The van der Waals surface area contributed by atoms with E-state index in [-0.39, 0.29) is 10.8 Å². The van der Waals surface area contributed by atoms with Crippen LogP contribution in [0.4, 0.5) is 5.82 Å². The number of halogens is 1. The number of piperazine rings is 1. The molecule has 1 aliphatic carbocycles. The molecule has 4 rings (SSSR count). The van der Waals surface area contributed by atoms with Gasteiger partial charge in [-0.15, -0.1) is 0 Å². The summed E-state index contributed by atoms with van der Waals surface area (Å²) in [5.74, 6) is 1.05. The van der Waals surface area contributed by atoms with E-state index in [4.69, 9.17) is 11.6 Å². The lowest BCUT2D eigenvalue weighted by atomic mass is 9.39. The summed E-state index contributed by atoms with van der Waals surface area (Å²) in [4.78, 5) is 9.40. The van der Waals surface area contributed by atoms with Gasteiger partial charge in [-0.2, -0.15) is 0 Å². The Balaban J connectivity index is 1.54. The SMILES string of the molecule is CC1(C)C(N2CCN(c3ccccn3)CC2)C(C)(C)C1(O)c1ccc(Cl)cc1. The molecule has 150 valence electrons. The third-order valence-corrected chi connectivity index (χ3v) is 7.40. The second kappa shape index (κ2) is 6.72. The number of anilines is 1. The van der Waals surface area contributed by atoms with Gasteiger partial charge in [0.25, 0.3) is 0 Å². The molecular formula is C23H30ClN3O. The number of hydrogen-bond acceptors (Lipinski definition) is 4. The molecule has 0 atom stereocenters. The van der Waals surface area contributed by atoms with E-state index in [1.54, 1.807) is 0 Å². The maximum Gasteiger partial charge on any atom is 0.128 e. The predicted octanol–water partition coefficient (Wildman–Crippen LogP) is 4.18. The molecule has 4 nitrogen and oxygen atoms in total. The number of rotatable bonds is 3. The molecule has 1 N–H and O–H groups in total. The molecule has 0 radical (unpaired) electrons. The van der Waals surface area contributed by atoms with E-state index in [2.05, 4.69) is 48.5 Å². The number of aliphatic hydroxyl groups is 1. The fourth-order valence-electron chi connectivity index (χ4n) is 6.15. The first-order chi connectivity index (χ1) is 13.2. The summed E-state index contributed by atoms with van der Waals surface area (Å²) in [7, 11) is 0. The van der Waals surface area contributed by atoms with Crippen LogP contribution >= 0.6 is 11.6 Å². The van der Waals surface area contributed by atoms with Crippen LogP contribution < -0.4 is 4.90 Å². The van der Waals surface area contributed by atoms with Gasteiger partial charge < -0.3 is 10.0 Å². The normalized spacial score (nSPS) is 29.4. The van der Waals surface area contributed by atoms with Gasteiger partial charge in [0.1, 0.15) is 11.4 Å². The highest BCUT2D eigenvalue weighted by atomic mass is 35.5. The molecule has 0 amide bonds. The van der Waals surface area contributed by atoms with E-state index in [0.29, 0.717) is 11.1 Å². The predicted molar refractivity (Wildman–Crippen MR) is 115 cm³/mol. The van der Waals surface area contributed by atoms with E-state index >= 15 is 0 Å². The van der Waals surface area contributed by atoms with Crippen LogP contribution in [0.25, 0.3) is 0 Å². The fraction of sp³-hybridized carbons (Fsp3) is 0.522. The molecule has 2 heterocycles. The highest BCUT2D eigenvalue weighted by Gasteiger charge is 2.73. The van der Waals surface area contributed by atoms with Crippen molar-refractivity contribution in [3.63, 3.8) is 0 Å². The van der Waals surface area contributed by atoms with Gasteiger partial charge in [-0.1, -0.05) is 57.5 Å². The van der Waals surface area contributed by atoms with Gasteiger partial charge in [-0.3, -0.25) is 4.90 Å². The van der Waals surface area contributed by atoms with Crippen LogP contribution in [0, 0.1) is 10.8 Å². The Morgan fingerprint density at radius 3 is 2.07 bits per heavy atom. The third kappa shape index (κ3) is 2.69. The minimum absolute atomic E-state index is 0.266. The first kappa shape index (κ1) is 19.7. The summed E-state index contributed by atoms with van der Waals surface area (Å²) in [6, 6.07) is 14.1. The molecule has 1 aliphatic heterocycles. The second-order valence-electron chi connectivity index (χ2n) is 9.27. The lowest BCUT2D eigenvalue weighted by Gasteiger charge is -2.72. The minimum Gasteiger partial charge on any atom is -0.384 e. The molecule has 5 heteroatoms. The smallest absolute Gasteiger partial charge is 0.128 e. The standard InChI is InChI=1S/C23H30ClN3O/c1-21(2)20(22(3,4)23(21,28)17-8-10-18(24)11-9-17)27-15-13-26(14-16-27)19-7-5-6-12-25-19/h5-12,20,28H,13-16H2,1-4H3. The highest BCUT2D eigenvalue weighted by Crippen LogP contribution is 2.68. The minimum atomic E-state index is -0.895. The maximum absolute atomic E-state index is 11.9. The Bertz CT molecular complexity index is 811. The summed E-state index contributed by atoms with van der Waals surface area (Å²) in [5, 5.41) is 12.6. The van der Waals surface area contributed by atoms with Crippen LogP contribution in [0.3, 0.4) is 0 Å². The van der Waals surface area contributed by atoms with E-state index in [1.807, 2.05) is 42.6 Å². The van der Waals surface area contributed by atoms with E-state index in [1.165, 1.54) is 0 Å². The molecule has 1 saturated heterocycles. The molecule has 0 unspecified atom stereocenters. The number of aromatic nitrogens is 1. The Morgan fingerprint density at radius 1 is 0.929 bits per heavy atom. The Labute approximate surface area is 173 Å². The van der Waals surface area contributed by atoms with E-state index in [9.17, 15) is 5.11 Å². The summed E-state index contributed by atoms with van der Waals surface area (Å²) in [5.41, 5.74) is -0.474. The Morgan fingerprint density at radius 2 is 1.54 bits per heavy atom. The van der Waals surface area contributed by atoms with E-state index < -0.39 is 5.60 Å². The van der Waals surface area contributed by atoms with Gasteiger partial charge >= 0.3 is 0 Å². The van der Waals surface area contributed by atoms with E-state index in [0.717, 1.165) is 37.6 Å². The molecule has 28 heavy (non-hydrogen) atoms. The third-order valence-electron chi connectivity index (χ3n) is 7.15. The molecule has 2 aromatic rings. The second-order valence-corrected chi connectivity index (χ2v) is 9.71. The largest absolute Gasteiger partial charge is 0.384 e. The number of nitrogens with zero attached hydrogens (tertiary/aromatic N) is 3. The number of hydrogen-bond donors (Lipinski definition) is 1. The monoisotopic (exact) mass is 399 g/mol. The van der Waals surface area contributed by atoms with Crippen molar-refractivity contribution in [2.24, 2.45) is 10.8 Å². The molecule has 1 aromatic heterocycles. The first-order valence-electron chi connectivity index (χ1n) is 10.1. The summed E-state index contributed by atoms with van der Waals surface area (Å²) >= 11 is 6.08. The summed E-state index contributed by atoms with van der Waals surface area (Å²) in [6.45, 7) is 12.7. The van der Waals surface area contributed by atoms with Crippen LogP contribution in [0.2, 0.25) is 5.02 Å². The van der Waals surface area contributed by atoms with Crippen molar-refractivity contribution in [1.82, 2.24) is 9.88 Å². The summed E-state index contributed by atoms with van der Waals surface area (Å²) in [6.07, 6.45) is 1.85. The van der Waals surface area contributed by atoms with Crippen molar-refractivity contribution in [3.05, 3.63) is 59.2 Å². The zero-order valence-corrected chi connectivity index (χ0v) is 17.9. The lowest BCUT2D eigenvalue weighted by Crippen LogP contribution is -2.79. The molecule has 1 saturated carbocycles. The number of pyridine rings is 1. The number of benzene rings is 1. The van der Waals surface area contributed by atoms with Crippen LogP contribution in [0.1, 0.15) is 33.3 Å². The fourth-order valence-corrected chi connectivity index (χ4v) is 6.27. The Hall–Kier alpha value is -1.62. The van der Waals surface area contributed by atoms with Crippen molar-refractivity contribution in [2.75, 3.05) is 31.1 Å². The first-order valence-corrected chi connectivity index (χ1v) is 10.5. The van der Waals surface area contributed by atoms with Gasteiger partial charge in [0.15, 0.2) is 0 Å². The van der Waals surface area contributed by atoms with Gasteiger partial charge in [-0.25, -0.2) is 4.98 Å². The van der Waals surface area contributed by atoms with Gasteiger partial charge in [0.05, 0.1) is 0 Å². The van der Waals surface area contributed by atoms with Gasteiger partial charge in [-0.05, 0) is 29.8 Å². The van der Waals surface area contributed by atoms with Crippen LogP contribution in [-0.2, 0) is 5.60 Å². The van der Waals surface area contributed by atoms with Gasteiger partial charge in [0, 0.05) is 54.3 Å². The van der Waals surface area contributed by atoms with Crippen LogP contribution in [0.5, 0.6) is 0 Å². The zero-order valence-electron chi connectivity index (χ0n) is 17.2. The average Bonchev–Trinajstić information content (AvgIpc) is 2.68. The molecular weight excluding hydrogens is 370 g/mol. The molecule has 1 aromatic carbocycles. The van der Waals surface area contributed by atoms with Crippen molar-refractivity contribution in [1.29, 1.82) is 0 Å². The highest BCUT2D eigenvalue weighted by molar-refractivity contribution is 6.30. The topological polar surface area (TPSA) is 39.6 Å². The van der Waals surface area contributed by atoms with Crippen molar-refractivity contribution < 1.29 is 5.11 Å². The maximum atomic E-state index is 11.9. The molecule has 2 fully saturated rings. The quantitative estimate of drug-likeness (QED) is 0.840.